The van der Waals surface area contributed by atoms with Crippen LogP contribution in [0.3, 0.4) is 0 Å². The fourth-order valence-electron chi connectivity index (χ4n) is 2.67. The fourth-order valence-corrected chi connectivity index (χ4v) is 3.48. The lowest BCUT2D eigenvalue weighted by Crippen LogP contribution is -2.05. The zero-order valence-electron chi connectivity index (χ0n) is 15.9. The maximum atomic E-state index is 11.1. The summed E-state index contributed by atoms with van der Waals surface area (Å²) in [6, 6.07) is 13.1. The van der Waals surface area contributed by atoms with E-state index in [2.05, 4.69) is 42.3 Å². The molecule has 1 aromatic carbocycles. The van der Waals surface area contributed by atoms with E-state index in [-0.39, 0.29) is 5.91 Å². The van der Waals surface area contributed by atoms with Crippen molar-refractivity contribution >= 4 is 57.8 Å². The largest absolute Gasteiger partial charge is 0.339 e. The van der Waals surface area contributed by atoms with E-state index in [1.165, 1.54) is 13.1 Å². The van der Waals surface area contributed by atoms with Crippen LogP contribution in [-0.4, -0.2) is 20.9 Å². The zero-order valence-corrected chi connectivity index (χ0v) is 17.5. The highest BCUT2D eigenvalue weighted by atomic mass is 35.5. The van der Waals surface area contributed by atoms with Crippen LogP contribution in [0.15, 0.2) is 65.6 Å². The molecule has 30 heavy (non-hydrogen) atoms. The molecule has 3 aromatic heterocycles. The molecular weight excluding hydrogens is 420 g/mol. The Labute approximate surface area is 182 Å². The van der Waals surface area contributed by atoms with Crippen LogP contribution < -0.4 is 16.0 Å². The lowest BCUT2D eigenvalue weighted by Gasteiger charge is -2.11. The molecule has 0 saturated carbocycles. The number of pyridine rings is 1. The smallest absolute Gasteiger partial charge is 0.230 e. The standard InChI is InChI=1S/C21H17ClN6OS/c1-13(29)25-16-3-5-17(6-4-16)26-20-18(22)11-24-21(28-20)27-19-7-2-14(10-23-19)15-8-9-30-12-15/h2-12H,1H3,(H,25,29)(H2,23,24,26,27,28). The van der Waals surface area contributed by atoms with Crippen molar-refractivity contribution in [3.8, 4) is 11.1 Å². The van der Waals surface area contributed by atoms with Gasteiger partial charge in [0.25, 0.3) is 0 Å². The Morgan fingerprint density at radius 2 is 1.73 bits per heavy atom. The van der Waals surface area contributed by atoms with Crippen LogP contribution in [0, 0.1) is 0 Å². The van der Waals surface area contributed by atoms with Crippen LogP contribution in [-0.2, 0) is 4.79 Å². The number of hydrogen-bond acceptors (Lipinski definition) is 7. The summed E-state index contributed by atoms with van der Waals surface area (Å²) in [5.41, 5.74) is 3.66. The minimum atomic E-state index is -0.123. The van der Waals surface area contributed by atoms with Crippen LogP contribution in [0.4, 0.5) is 29.0 Å². The first-order valence-electron chi connectivity index (χ1n) is 9.00. The van der Waals surface area contributed by atoms with Crippen LogP contribution in [0.1, 0.15) is 6.92 Å². The average Bonchev–Trinajstić information content (AvgIpc) is 3.27. The molecule has 3 N–H and O–H groups in total. The van der Waals surface area contributed by atoms with Gasteiger partial charge in [0, 0.05) is 30.1 Å². The first-order valence-corrected chi connectivity index (χ1v) is 10.3. The van der Waals surface area contributed by atoms with Crippen molar-refractivity contribution in [2.45, 2.75) is 6.92 Å². The first kappa shape index (κ1) is 19.8. The molecule has 0 saturated heterocycles. The van der Waals surface area contributed by atoms with Gasteiger partial charge in [-0.1, -0.05) is 11.6 Å². The molecule has 0 aliphatic heterocycles. The molecule has 0 radical (unpaired) electrons. The highest BCUT2D eigenvalue weighted by Gasteiger charge is 2.08. The Bertz CT molecular complexity index is 1150. The molecule has 0 aliphatic carbocycles. The Morgan fingerprint density at radius 3 is 2.40 bits per heavy atom. The average molecular weight is 437 g/mol. The van der Waals surface area contributed by atoms with Crippen molar-refractivity contribution in [3.63, 3.8) is 0 Å². The van der Waals surface area contributed by atoms with Gasteiger partial charge in [0.2, 0.25) is 11.9 Å². The molecular formula is C21H17ClN6OS. The molecule has 9 heteroatoms. The molecule has 4 aromatic rings. The molecule has 0 bridgehead atoms. The topological polar surface area (TPSA) is 91.8 Å². The van der Waals surface area contributed by atoms with Crippen molar-refractivity contribution in [3.05, 3.63) is 70.6 Å². The minimum absolute atomic E-state index is 0.123. The van der Waals surface area contributed by atoms with Crippen molar-refractivity contribution in [2.24, 2.45) is 0 Å². The Morgan fingerprint density at radius 1 is 0.933 bits per heavy atom. The van der Waals surface area contributed by atoms with E-state index in [9.17, 15) is 4.79 Å². The van der Waals surface area contributed by atoms with E-state index in [0.717, 1.165) is 16.8 Å². The predicted octanol–water partition coefficient (Wildman–Crippen LogP) is 5.70. The predicted molar refractivity (Wildman–Crippen MR) is 122 cm³/mol. The van der Waals surface area contributed by atoms with Gasteiger partial charge >= 0.3 is 0 Å². The van der Waals surface area contributed by atoms with Gasteiger partial charge in [-0.05, 0) is 58.8 Å². The van der Waals surface area contributed by atoms with Crippen LogP contribution in [0.2, 0.25) is 5.02 Å². The lowest BCUT2D eigenvalue weighted by molar-refractivity contribution is -0.114. The molecule has 7 nitrogen and oxygen atoms in total. The normalized spacial score (nSPS) is 10.5. The van der Waals surface area contributed by atoms with E-state index in [0.29, 0.717) is 28.3 Å². The van der Waals surface area contributed by atoms with Crippen molar-refractivity contribution in [1.29, 1.82) is 0 Å². The number of carbonyl (C=O) groups excluding carboxylic acids is 1. The second-order valence-corrected chi connectivity index (χ2v) is 7.53. The molecule has 0 fully saturated rings. The number of thiophene rings is 1. The van der Waals surface area contributed by atoms with E-state index in [4.69, 9.17) is 11.6 Å². The van der Waals surface area contributed by atoms with Gasteiger partial charge < -0.3 is 16.0 Å². The second kappa shape index (κ2) is 8.89. The number of aromatic nitrogens is 3. The maximum absolute atomic E-state index is 11.1. The SMILES string of the molecule is CC(=O)Nc1ccc(Nc2nc(Nc3ccc(-c4ccsc4)cn3)ncc2Cl)cc1. The van der Waals surface area contributed by atoms with E-state index in [1.54, 1.807) is 29.7 Å². The van der Waals surface area contributed by atoms with Crippen LogP contribution in [0.25, 0.3) is 11.1 Å². The summed E-state index contributed by atoms with van der Waals surface area (Å²) in [7, 11) is 0. The molecule has 1 amide bonds. The number of amides is 1. The molecule has 4 rings (SSSR count). The number of benzene rings is 1. The van der Waals surface area contributed by atoms with Crippen LogP contribution >= 0.6 is 22.9 Å². The molecule has 0 unspecified atom stereocenters. The van der Waals surface area contributed by atoms with Gasteiger partial charge in [0.1, 0.15) is 10.8 Å². The summed E-state index contributed by atoms with van der Waals surface area (Å²) in [5.74, 6) is 1.33. The number of hydrogen-bond donors (Lipinski definition) is 3. The third kappa shape index (κ3) is 4.91. The summed E-state index contributed by atoms with van der Waals surface area (Å²) in [4.78, 5) is 24.2. The Balaban J connectivity index is 1.47. The van der Waals surface area contributed by atoms with Gasteiger partial charge in [0.05, 0.1) is 6.20 Å². The number of rotatable bonds is 6. The summed E-state index contributed by atoms with van der Waals surface area (Å²) in [5, 5.41) is 13.4. The Hall–Kier alpha value is -3.49. The molecule has 0 aliphatic rings. The Kier molecular flexibility index (Phi) is 5.87. The fraction of sp³-hybridized carbons (Fsp3) is 0.0476. The lowest BCUT2D eigenvalue weighted by atomic mass is 10.1. The summed E-state index contributed by atoms with van der Waals surface area (Å²) in [6.45, 7) is 1.46. The van der Waals surface area contributed by atoms with Crippen LogP contribution in [0.5, 0.6) is 0 Å². The molecule has 150 valence electrons. The minimum Gasteiger partial charge on any atom is -0.339 e. The number of nitrogens with one attached hydrogen (secondary N) is 3. The monoisotopic (exact) mass is 436 g/mol. The quantitative estimate of drug-likeness (QED) is 0.359. The first-order chi connectivity index (χ1) is 14.6. The van der Waals surface area contributed by atoms with E-state index >= 15 is 0 Å². The highest BCUT2D eigenvalue weighted by molar-refractivity contribution is 7.08. The van der Waals surface area contributed by atoms with Gasteiger partial charge in [-0.25, -0.2) is 9.97 Å². The summed E-state index contributed by atoms with van der Waals surface area (Å²) in [6.07, 6.45) is 3.32. The molecule has 0 atom stereocenters. The van der Waals surface area contributed by atoms with Crippen molar-refractivity contribution in [1.82, 2.24) is 15.0 Å². The third-order valence-electron chi connectivity index (χ3n) is 4.07. The summed E-state index contributed by atoms with van der Waals surface area (Å²) < 4.78 is 0. The number of anilines is 5. The second-order valence-electron chi connectivity index (χ2n) is 6.34. The third-order valence-corrected chi connectivity index (χ3v) is 5.03. The maximum Gasteiger partial charge on any atom is 0.230 e. The zero-order chi connectivity index (χ0) is 20.9. The van der Waals surface area contributed by atoms with Gasteiger partial charge in [-0.2, -0.15) is 16.3 Å². The molecule has 0 spiro atoms. The number of nitrogens with zero attached hydrogens (tertiary/aromatic N) is 3. The van der Waals surface area contributed by atoms with Gasteiger partial charge in [-0.3, -0.25) is 4.79 Å². The van der Waals surface area contributed by atoms with Crippen molar-refractivity contribution < 1.29 is 4.79 Å². The van der Waals surface area contributed by atoms with E-state index < -0.39 is 0 Å². The molecule has 3 heterocycles. The highest BCUT2D eigenvalue weighted by Crippen LogP contribution is 2.26. The number of carbonyl (C=O) groups is 1. The number of halogens is 1. The van der Waals surface area contributed by atoms with Gasteiger partial charge in [0.15, 0.2) is 5.82 Å². The van der Waals surface area contributed by atoms with Gasteiger partial charge in [-0.15, -0.1) is 0 Å². The van der Waals surface area contributed by atoms with Crippen molar-refractivity contribution in [2.75, 3.05) is 16.0 Å². The summed E-state index contributed by atoms with van der Waals surface area (Å²) >= 11 is 7.89. The van der Waals surface area contributed by atoms with E-state index in [1.807, 2.05) is 29.6 Å².